The van der Waals surface area contributed by atoms with E-state index in [-0.39, 0.29) is 0 Å². The molecule has 0 aromatic carbocycles. The molecule has 0 aliphatic carbocycles. The van der Waals surface area contributed by atoms with Crippen LogP contribution in [0.15, 0.2) is 6.33 Å². The molecule has 0 aliphatic rings. The second-order valence-electron chi connectivity index (χ2n) is 3.80. The molecule has 0 saturated heterocycles. The number of hydrogen-bond acceptors (Lipinski definition) is 5. The molecular formula is C11H19N3O2. The molecule has 0 spiro atoms. The van der Waals surface area contributed by atoms with Crippen LogP contribution in [0.4, 0.5) is 5.82 Å². The Morgan fingerprint density at radius 3 is 2.69 bits per heavy atom. The van der Waals surface area contributed by atoms with Crippen molar-refractivity contribution in [3.63, 3.8) is 0 Å². The highest BCUT2D eigenvalue weighted by Crippen LogP contribution is 2.30. The third-order valence-corrected chi connectivity index (χ3v) is 1.87. The maximum atomic E-state index is 5.56. The predicted octanol–water partition coefficient (Wildman–Crippen LogP) is 1.95. The number of aromatic nitrogens is 2. The van der Waals surface area contributed by atoms with E-state index in [2.05, 4.69) is 29.1 Å². The van der Waals surface area contributed by atoms with Crippen LogP contribution < -0.4 is 14.8 Å². The lowest BCUT2D eigenvalue weighted by molar-refractivity contribution is 0.246. The molecule has 90 valence electrons. The molecule has 1 aromatic rings. The number of ether oxygens (including phenoxy) is 2. The van der Waals surface area contributed by atoms with Crippen LogP contribution in [0, 0.1) is 5.92 Å². The van der Waals surface area contributed by atoms with Crippen LogP contribution in [0.1, 0.15) is 20.8 Å². The quantitative estimate of drug-likeness (QED) is 0.802. The number of anilines is 1. The van der Waals surface area contributed by atoms with E-state index in [4.69, 9.17) is 9.47 Å². The van der Waals surface area contributed by atoms with Crippen molar-refractivity contribution in [2.45, 2.75) is 20.8 Å². The van der Waals surface area contributed by atoms with Gasteiger partial charge in [-0.15, -0.1) is 0 Å². The molecule has 5 nitrogen and oxygen atoms in total. The van der Waals surface area contributed by atoms with Crippen molar-refractivity contribution in [3.05, 3.63) is 6.33 Å². The highest BCUT2D eigenvalue weighted by Gasteiger charge is 2.13. The van der Waals surface area contributed by atoms with Gasteiger partial charge in [0.2, 0.25) is 5.75 Å². The predicted molar refractivity (Wildman–Crippen MR) is 63.1 cm³/mol. The molecule has 0 unspecified atom stereocenters. The second kappa shape index (κ2) is 6.15. The van der Waals surface area contributed by atoms with Crippen LogP contribution in [-0.2, 0) is 0 Å². The summed E-state index contributed by atoms with van der Waals surface area (Å²) in [5.74, 6) is 2.16. The van der Waals surface area contributed by atoms with E-state index in [1.165, 1.54) is 6.33 Å². The fraction of sp³-hybridized carbons (Fsp3) is 0.636. The second-order valence-corrected chi connectivity index (χ2v) is 3.80. The number of methoxy groups -OCH3 is 1. The first-order chi connectivity index (χ1) is 7.69. The molecule has 16 heavy (non-hydrogen) atoms. The highest BCUT2D eigenvalue weighted by molar-refractivity contribution is 5.54. The minimum absolute atomic E-state index is 0.447. The fourth-order valence-corrected chi connectivity index (χ4v) is 1.18. The first-order valence-corrected chi connectivity index (χ1v) is 5.44. The summed E-state index contributed by atoms with van der Waals surface area (Å²) in [4.78, 5) is 8.17. The molecular weight excluding hydrogens is 206 g/mol. The fourth-order valence-electron chi connectivity index (χ4n) is 1.18. The zero-order valence-electron chi connectivity index (χ0n) is 10.3. The summed E-state index contributed by atoms with van der Waals surface area (Å²) in [5, 5.41) is 3.10. The maximum absolute atomic E-state index is 5.56. The number of nitrogens with zero attached hydrogens (tertiary/aromatic N) is 2. The molecule has 0 fully saturated rings. The van der Waals surface area contributed by atoms with Crippen LogP contribution in [-0.4, -0.2) is 30.2 Å². The monoisotopic (exact) mass is 225 g/mol. The van der Waals surface area contributed by atoms with Gasteiger partial charge in [0.05, 0.1) is 13.7 Å². The zero-order chi connectivity index (χ0) is 12.0. The highest BCUT2D eigenvalue weighted by atomic mass is 16.5. The first-order valence-electron chi connectivity index (χ1n) is 5.44. The van der Waals surface area contributed by atoms with E-state index in [0.717, 1.165) is 6.54 Å². The van der Waals surface area contributed by atoms with Crippen molar-refractivity contribution < 1.29 is 9.47 Å². The van der Waals surface area contributed by atoms with Crippen molar-refractivity contribution in [1.29, 1.82) is 0 Å². The van der Waals surface area contributed by atoms with Crippen molar-refractivity contribution >= 4 is 5.82 Å². The Balaban J connectivity index is 2.85. The summed E-state index contributed by atoms with van der Waals surface area (Å²) < 4.78 is 10.8. The minimum atomic E-state index is 0.447. The van der Waals surface area contributed by atoms with Gasteiger partial charge in [-0.05, 0) is 12.8 Å². The van der Waals surface area contributed by atoms with Crippen LogP contribution in [0.3, 0.4) is 0 Å². The van der Waals surface area contributed by atoms with Crippen LogP contribution >= 0.6 is 0 Å². The molecule has 5 heteroatoms. The number of hydrogen-bond donors (Lipinski definition) is 1. The van der Waals surface area contributed by atoms with Gasteiger partial charge in [-0.3, -0.25) is 0 Å². The molecule has 1 rings (SSSR count). The van der Waals surface area contributed by atoms with Gasteiger partial charge in [-0.1, -0.05) is 13.8 Å². The number of nitrogens with one attached hydrogen (secondary N) is 1. The Morgan fingerprint density at radius 2 is 2.12 bits per heavy atom. The summed E-state index contributed by atoms with van der Waals surface area (Å²) in [6.07, 6.45) is 1.47. The lowest BCUT2D eigenvalue weighted by Crippen LogP contribution is -2.09. The van der Waals surface area contributed by atoms with Crippen LogP contribution in [0.2, 0.25) is 0 Å². The Morgan fingerprint density at radius 1 is 1.38 bits per heavy atom. The Hall–Kier alpha value is -1.52. The van der Waals surface area contributed by atoms with Crippen LogP contribution in [0.5, 0.6) is 11.6 Å². The third kappa shape index (κ3) is 3.25. The summed E-state index contributed by atoms with van der Waals surface area (Å²) in [6, 6.07) is 0. The summed E-state index contributed by atoms with van der Waals surface area (Å²) >= 11 is 0. The summed E-state index contributed by atoms with van der Waals surface area (Å²) in [6.45, 7) is 7.55. The largest absolute Gasteiger partial charge is 0.489 e. The van der Waals surface area contributed by atoms with E-state index in [9.17, 15) is 0 Å². The molecule has 0 bridgehead atoms. The van der Waals surface area contributed by atoms with Crippen molar-refractivity contribution in [3.8, 4) is 11.6 Å². The standard InChI is InChI=1S/C11H19N3O2/c1-5-12-10-9(15-4)11(14-7-13-10)16-6-8(2)3/h7-8H,5-6H2,1-4H3,(H,12,13,14). The first kappa shape index (κ1) is 12.5. The smallest absolute Gasteiger partial charge is 0.262 e. The van der Waals surface area contributed by atoms with Gasteiger partial charge in [-0.25, -0.2) is 4.98 Å². The normalized spacial score (nSPS) is 10.3. The van der Waals surface area contributed by atoms with E-state index in [0.29, 0.717) is 30.0 Å². The molecule has 0 radical (unpaired) electrons. The van der Waals surface area contributed by atoms with Gasteiger partial charge in [0.1, 0.15) is 6.33 Å². The molecule has 1 N–H and O–H groups in total. The third-order valence-electron chi connectivity index (χ3n) is 1.87. The maximum Gasteiger partial charge on any atom is 0.262 e. The molecule has 0 atom stereocenters. The van der Waals surface area contributed by atoms with Crippen molar-refractivity contribution in [2.75, 3.05) is 25.6 Å². The van der Waals surface area contributed by atoms with Crippen molar-refractivity contribution in [1.82, 2.24) is 9.97 Å². The molecule has 1 aromatic heterocycles. The molecule has 0 saturated carbocycles. The molecule has 0 amide bonds. The van der Waals surface area contributed by atoms with Gasteiger partial charge in [0, 0.05) is 6.54 Å². The topological polar surface area (TPSA) is 56.3 Å². The lowest BCUT2D eigenvalue weighted by Gasteiger charge is -2.13. The SMILES string of the molecule is CCNc1ncnc(OCC(C)C)c1OC. The van der Waals surface area contributed by atoms with Gasteiger partial charge < -0.3 is 14.8 Å². The van der Waals surface area contributed by atoms with Gasteiger partial charge >= 0.3 is 0 Å². The van der Waals surface area contributed by atoms with E-state index < -0.39 is 0 Å². The van der Waals surface area contributed by atoms with E-state index in [1.807, 2.05) is 6.92 Å². The van der Waals surface area contributed by atoms with E-state index >= 15 is 0 Å². The Labute approximate surface area is 96.2 Å². The van der Waals surface area contributed by atoms with Crippen molar-refractivity contribution in [2.24, 2.45) is 5.92 Å². The number of rotatable bonds is 6. The van der Waals surface area contributed by atoms with Gasteiger partial charge in [0.25, 0.3) is 5.88 Å². The molecule has 0 aliphatic heterocycles. The zero-order valence-corrected chi connectivity index (χ0v) is 10.3. The van der Waals surface area contributed by atoms with Gasteiger partial charge in [0.15, 0.2) is 5.82 Å². The van der Waals surface area contributed by atoms with E-state index in [1.54, 1.807) is 7.11 Å². The Kier molecular flexibility index (Phi) is 4.82. The summed E-state index contributed by atoms with van der Waals surface area (Å²) in [7, 11) is 1.59. The lowest BCUT2D eigenvalue weighted by atomic mass is 10.2. The molecule has 1 heterocycles. The van der Waals surface area contributed by atoms with Gasteiger partial charge in [-0.2, -0.15) is 4.98 Å². The summed E-state index contributed by atoms with van der Waals surface area (Å²) in [5.41, 5.74) is 0. The Bertz CT molecular complexity index is 329. The average molecular weight is 225 g/mol. The van der Waals surface area contributed by atoms with Crippen LogP contribution in [0.25, 0.3) is 0 Å². The minimum Gasteiger partial charge on any atom is -0.489 e. The average Bonchev–Trinajstić information content (AvgIpc) is 2.27.